The number of para-hydroxylation sites is 2. The van der Waals surface area contributed by atoms with Crippen LogP contribution < -0.4 is 9.47 Å². The van der Waals surface area contributed by atoms with Crippen molar-refractivity contribution in [1.82, 2.24) is 0 Å². The molecule has 0 amide bonds. The summed E-state index contributed by atoms with van der Waals surface area (Å²) < 4.78 is 28.8. The van der Waals surface area contributed by atoms with E-state index in [1.54, 1.807) is 12.1 Å². The van der Waals surface area contributed by atoms with E-state index in [0.29, 0.717) is 17.1 Å². The van der Waals surface area contributed by atoms with Gasteiger partial charge in [-0.1, -0.05) is 66.7 Å². The predicted molar refractivity (Wildman–Crippen MR) is 114 cm³/mol. The molecular formula is C23H25O6P. The summed E-state index contributed by atoms with van der Waals surface area (Å²) in [5.74, 6) is 1.35. The first-order valence-electron chi connectivity index (χ1n) is 9.64. The maximum Gasteiger partial charge on any atom is 0.470 e. The molecule has 0 fully saturated rings. The second-order valence-corrected chi connectivity index (χ2v) is 7.93. The van der Waals surface area contributed by atoms with E-state index in [1.165, 1.54) is 0 Å². The highest BCUT2D eigenvalue weighted by molar-refractivity contribution is 7.46. The van der Waals surface area contributed by atoms with Gasteiger partial charge in [-0.3, -0.25) is 4.52 Å². The molecule has 0 bridgehead atoms. The number of hydrogen-bond donors (Lipinski definition) is 2. The predicted octanol–water partition coefficient (Wildman–Crippen LogP) is 4.93. The second-order valence-electron chi connectivity index (χ2n) is 6.77. The third-order valence-electron chi connectivity index (χ3n) is 4.63. The Morgan fingerprint density at radius 1 is 0.667 bits per heavy atom. The standard InChI is InChI=1S/C23H25O6P/c24-30(25,26)29-23(20-10-4-1-5-11-20,16-18-27-21-12-6-2-7-13-21)17-19-28-22-14-8-3-9-15-22/h1-15H,16-19H2,(H2,24,25,26). The smallest absolute Gasteiger partial charge is 0.470 e. The van der Waals surface area contributed by atoms with Crippen LogP contribution in [0, 0.1) is 0 Å². The Morgan fingerprint density at radius 3 is 1.47 bits per heavy atom. The minimum absolute atomic E-state index is 0.213. The van der Waals surface area contributed by atoms with Crippen molar-refractivity contribution in [3.63, 3.8) is 0 Å². The van der Waals surface area contributed by atoms with Crippen LogP contribution in [0.4, 0.5) is 0 Å². The lowest BCUT2D eigenvalue weighted by Gasteiger charge is -2.34. The summed E-state index contributed by atoms with van der Waals surface area (Å²) >= 11 is 0. The maximum atomic E-state index is 11.9. The average Bonchev–Trinajstić information content (AvgIpc) is 2.75. The van der Waals surface area contributed by atoms with Crippen molar-refractivity contribution in [1.29, 1.82) is 0 Å². The van der Waals surface area contributed by atoms with E-state index in [2.05, 4.69) is 0 Å². The van der Waals surface area contributed by atoms with E-state index in [9.17, 15) is 14.4 Å². The van der Waals surface area contributed by atoms with Gasteiger partial charge in [-0.2, -0.15) is 0 Å². The van der Waals surface area contributed by atoms with E-state index in [-0.39, 0.29) is 26.1 Å². The summed E-state index contributed by atoms with van der Waals surface area (Å²) in [5.41, 5.74) is -0.620. The molecule has 30 heavy (non-hydrogen) atoms. The van der Waals surface area contributed by atoms with Crippen LogP contribution in [0.1, 0.15) is 18.4 Å². The van der Waals surface area contributed by atoms with Crippen LogP contribution in [0.3, 0.4) is 0 Å². The Bertz CT molecular complexity index is 882. The molecule has 3 rings (SSSR count). The van der Waals surface area contributed by atoms with Gasteiger partial charge in [-0.25, -0.2) is 4.57 Å². The zero-order valence-corrected chi connectivity index (χ0v) is 17.4. The Hall–Kier alpha value is -2.63. The lowest BCUT2D eigenvalue weighted by atomic mass is 9.88. The number of phosphoric ester groups is 1. The highest BCUT2D eigenvalue weighted by Gasteiger charge is 2.39. The van der Waals surface area contributed by atoms with E-state index < -0.39 is 13.4 Å². The number of rotatable bonds is 11. The molecule has 0 spiro atoms. The summed E-state index contributed by atoms with van der Waals surface area (Å²) in [6.07, 6.45) is 0.463. The normalized spacial score (nSPS) is 11.8. The highest BCUT2D eigenvalue weighted by atomic mass is 31.2. The molecular weight excluding hydrogens is 403 g/mol. The van der Waals surface area contributed by atoms with Crippen LogP contribution in [0.15, 0.2) is 91.0 Å². The minimum Gasteiger partial charge on any atom is -0.493 e. The first-order valence-corrected chi connectivity index (χ1v) is 11.2. The van der Waals surface area contributed by atoms with Crippen molar-refractivity contribution < 1.29 is 28.3 Å². The quantitative estimate of drug-likeness (QED) is 0.421. The van der Waals surface area contributed by atoms with Gasteiger partial charge < -0.3 is 19.3 Å². The summed E-state index contributed by atoms with van der Waals surface area (Å²) in [5, 5.41) is 0. The topological polar surface area (TPSA) is 85.2 Å². The molecule has 2 N–H and O–H groups in total. The van der Waals surface area contributed by atoms with Gasteiger partial charge >= 0.3 is 7.82 Å². The lowest BCUT2D eigenvalue weighted by Crippen LogP contribution is -2.33. The summed E-state index contributed by atoms with van der Waals surface area (Å²) in [6, 6.07) is 27.6. The Balaban J connectivity index is 1.80. The van der Waals surface area contributed by atoms with Crippen molar-refractivity contribution in [2.45, 2.75) is 18.4 Å². The first-order chi connectivity index (χ1) is 14.5. The van der Waals surface area contributed by atoms with Crippen LogP contribution in [-0.4, -0.2) is 23.0 Å². The molecule has 0 aliphatic rings. The van der Waals surface area contributed by atoms with Crippen LogP contribution in [0.5, 0.6) is 11.5 Å². The fraction of sp³-hybridized carbons (Fsp3) is 0.217. The van der Waals surface area contributed by atoms with Crippen LogP contribution >= 0.6 is 7.82 Å². The fourth-order valence-corrected chi connectivity index (χ4v) is 3.97. The zero-order valence-electron chi connectivity index (χ0n) is 16.5. The van der Waals surface area contributed by atoms with E-state index in [1.807, 2.05) is 78.9 Å². The molecule has 0 aliphatic carbocycles. The number of benzene rings is 3. The number of hydrogen-bond acceptors (Lipinski definition) is 4. The van der Waals surface area contributed by atoms with E-state index in [4.69, 9.17) is 14.0 Å². The molecule has 0 aromatic heterocycles. The average molecular weight is 428 g/mol. The van der Waals surface area contributed by atoms with Crippen LogP contribution in [0.2, 0.25) is 0 Å². The molecule has 3 aromatic rings. The van der Waals surface area contributed by atoms with E-state index in [0.717, 1.165) is 0 Å². The second kappa shape index (κ2) is 10.4. The van der Waals surface area contributed by atoms with Crippen LogP contribution in [-0.2, 0) is 14.7 Å². The molecule has 0 heterocycles. The SMILES string of the molecule is O=P(O)(O)OC(CCOc1ccccc1)(CCOc1ccccc1)c1ccccc1. The highest BCUT2D eigenvalue weighted by Crippen LogP contribution is 2.48. The van der Waals surface area contributed by atoms with Crippen molar-refractivity contribution in [2.24, 2.45) is 0 Å². The molecule has 3 aromatic carbocycles. The maximum absolute atomic E-state index is 11.9. The third kappa shape index (κ3) is 6.71. The van der Waals surface area contributed by atoms with Gasteiger partial charge in [0, 0.05) is 12.8 Å². The fourth-order valence-electron chi connectivity index (χ4n) is 3.23. The summed E-state index contributed by atoms with van der Waals surface area (Å²) in [7, 11) is -4.79. The molecule has 0 aliphatic heterocycles. The van der Waals surface area contributed by atoms with Gasteiger partial charge in [0.1, 0.15) is 17.1 Å². The molecule has 0 saturated carbocycles. The molecule has 0 saturated heterocycles. The summed E-state index contributed by atoms with van der Waals surface area (Å²) in [6.45, 7) is 0.425. The van der Waals surface area contributed by atoms with Gasteiger partial charge in [0.2, 0.25) is 0 Å². The van der Waals surface area contributed by atoms with Crippen molar-refractivity contribution >= 4 is 7.82 Å². The molecule has 6 nitrogen and oxygen atoms in total. The van der Waals surface area contributed by atoms with Gasteiger partial charge in [-0.05, 0) is 29.8 Å². The summed E-state index contributed by atoms with van der Waals surface area (Å²) in [4.78, 5) is 19.3. The third-order valence-corrected chi connectivity index (χ3v) is 5.22. The molecule has 0 unspecified atom stereocenters. The van der Waals surface area contributed by atoms with Gasteiger partial charge in [0.15, 0.2) is 0 Å². The van der Waals surface area contributed by atoms with Gasteiger partial charge in [-0.15, -0.1) is 0 Å². The minimum atomic E-state index is -4.79. The largest absolute Gasteiger partial charge is 0.493 e. The molecule has 0 radical (unpaired) electrons. The Labute approximate surface area is 176 Å². The van der Waals surface area contributed by atoms with Crippen molar-refractivity contribution in [3.05, 3.63) is 96.6 Å². The van der Waals surface area contributed by atoms with Crippen molar-refractivity contribution in [2.75, 3.05) is 13.2 Å². The van der Waals surface area contributed by atoms with E-state index >= 15 is 0 Å². The van der Waals surface area contributed by atoms with Crippen LogP contribution in [0.25, 0.3) is 0 Å². The molecule has 158 valence electrons. The Morgan fingerprint density at radius 2 is 1.07 bits per heavy atom. The van der Waals surface area contributed by atoms with Gasteiger partial charge in [0.05, 0.1) is 13.2 Å². The number of ether oxygens (including phenoxy) is 2. The number of phosphoric acid groups is 1. The molecule has 0 atom stereocenters. The lowest BCUT2D eigenvalue weighted by molar-refractivity contribution is -0.00453. The monoisotopic (exact) mass is 428 g/mol. The first kappa shape index (κ1) is 22.1. The Kier molecular flexibility index (Phi) is 7.66. The zero-order chi connectivity index (χ0) is 21.3. The van der Waals surface area contributed by atoms with Crippen molar-refractivity contribution in [3.8, 4) is 11.5 Å². The van der Waals surface area contributed by atoms with Gasteiger partial charge in [0.25, 0.3) is 0 Å². The molecule has 7 heteroatoms.